The van der Waals surface area contributed by atoms with Crippen LogP contribution in [-0.2, 0) is 50.3 Å². The molecule has 1 aliphatic heterocycles. The first-order valence-electron chi connectivity index (χ1n) is 21.1. The molecule has 2 aliphatic rings. The molecule has 0 aromatic heterocycles. The van der Waals surface area contributed by atoms with Crippen molar-refractivity contribution in [3.05, 3.63) is 161 Å². The number of carbonyl (C=O) groups excluding carboxylic acids is 4. The summed E-state index contributed by atoms with van der Waals surface area (Å²) in [6.07, 6.45) is 2.29. The van der Waals surface area contributed by atoms with E-state index in [1.54, 1.807) is 57.2 Å². The molecule has 13 nitrogen and oxygen atoms in total. The maximum absolute atomic E-state index is 14.8. The Bertz CT molecular complexity index is 2170. The first kappa shape index (κ1) is 46.4. The van der Waals surface area contributed by atoms with Gasteiger partial charge in [0.1, 0.15) is 36.6 Å². The topological polar surface area (TPSA) is 170 Å². The Kier molecular flexibility index (Phi) is 15.7. The molecule has 0 spiro atoms. The summed E-state index contributed by atoms with van der Waals surface area (Å²) < 4.78 is 30.7. The number of ether oxygens (including phenoxy) is 5. The second-order valence-corrected chi connectivity index (χ2v) is 16.5. The quantitative estimate of drug-likeness (QED) is 0.0621. The van der Waals surface area contributed by atoms with Gasteiger partial charge in [0, 0.05) is 43.0 Å². The van der Waals surface area contributed by atoms with Crippen molar-refractivity contribution in [3.63, 3.8) is 0 Å². The highest BCUT2D eigenvalue weighted by Crippen LogP contribution is 2.47. The first-order valence-corrected chi connectivity index (χ1v) is 21.1. The normalized spacial score (nSPS) is 19.0. The van der Waals surface area contributed by atoms with Crippen LogP contribution in [0.3, 0.4) is 0 Å². The van der Waals surface area contributed by atoms with Crippen LogP contribution in [0, 0.1) is 0 Å². The molecule has 0 saturated carbocycles. The van der Waals surface area contributed by atoms with E-state index in [0.29, 0.717) is 11.1 Å². The summed E-state index contributed by atoms with van der Waals surface area (Å²) >= 11 is 0. The minimum atomic E-state index is -1.43. The van der Waals surface area contributed by atoms with Crippen molar-refractivity contribution in [2.45, 2.75) is 88.2 Å². The molecule has 2 amide bonds. The van der Waals surface area contributed by atoms with Crippen LogP contribution in [0.4, 0.5) is 0 Å². The Balaban J connectivity index is 1.30. The predicted octanol–water partition coefficient (Wildman–Crippen LogP) is 5.88. The van der Waals surface area contributed by atoms with E-state index in [9.17, 15) is 24.3 Å². The molecule has 0 radical (unpaired) electrons. The standard InChI is InChI=1S/C50H56N2O11/c1-49(2,3)62-44(55)25-24-40(33-54)51-46(56)41(30-35-14-8-5-9-15-35)52(4)47(57)37-31-42(60-48(58)36-22-20-34(21-23-36)26-28-59-29-27-53)45-43(32-37)61-50(63-45,38-16-10-6-11-17-38)39-18-12-7-13-19-39/h5-23,26,28,32,40-43,45,53-54H,24-25,27,29-31,33H2,1-4H3,(H,51,56)/t40-,41+,42+,43+,45-/m0/s1. The van der Waals surface area contributed by atoms with Gasteiger partial charge >= 0.3 is 11.9 Å². The fourth-order valence-electron chi connectivity index (χ4n) is 7.57. The molecule has 1 heterocycles. The van der Waals surface area contributed by atoms with Crippen molar-refractivity contribution in [2.24, 2.45) is 0 Å². The molecule has 332 valence electrons. The third-order valence-electron chi connectivity index (χ3n) is 10.7. The highest BCUT2D eigenvalue weighted by atomic mass is 16.8. The van der Waals surface area contributed by atoms with Gasteiger partial charge in [-0.3, -0.25) is 14.4 Å². The van der Waals surface area contributed by atoms with E-state index < -0.39 is 72.1 Å². The van der Waals surface area contributed by atoms with Crippen molar-refractivity contribution >= 4 is 29.8 Å². The molecular weight excluding hydrogens is 805 g/mol. The lowest BCUT2D eigenvalue weighted by atomic mass is 9.90. The van der Waals surface area contributed by atoms with Crippen LogP contribution in [0.5, 0.6) is 0 Å². The lowest BCUT2D eigenvalue weighted by molar-refractivity contribution is -0.157. The lowest BCUT2D eigenvalue weighted by Gasteiger charge is -2.34. The number of hydrogen-bond donors (Lipinski definition) is 3. The molecule has 4 aromatic rings. The van der Waals surface area contributed by atoms with Gasteiger partial charge in [-0.2, -0.15) is 0 Å². The number of fused-ring (bicyclic) bond motifs is 1. The second-order valence-electron chi connectivity index (χ2n) is 16.5. The zero-order valence-electron chi connectivity index (χ0n) is 36.1. The zero-order chi connectivity index (χ0) is 45.0. The Labute approximate surface area is 368 Å². The highest BCUT2D eigenvalue weighted by molar-refractivity contribution is 5.97. The van der Waals surface area contributed by atoms with Crippen molar-refractivity contribution in [1.82, 2.24) is 10.2 Å². The number of nitrogens with one attached hydrogen (secondary N) is 1. The number of amides is 2. The van der Waals surface area contributed by atoms with E-state index in [2.05, 4.69) is 5.32 Å². The molecule has 3 N–H and O–H groups in total. The van der Waals surface area contributed by atoms with Crippen LogP contribution in [0.2, 0.25) is 0 Å². The average molecular weight is 861 g/mol. The Hall–Kier alpha value is -6.12. The third-order valence-corrected chi connectivity index (χ3v) is 10.7. The predicted molar refractivity (Wildman–Crippen MR) is 235 cm³/mol. The van der Waals surface area contributed by atoms with Gasteiger partial charge in [-0.1, -0.05) is 103 Å². The fraction of sp³-hybridized carbons (Fsp3) is 0.360. The number of likely N-dealkylation sites (N-methyl/N-ethyl adjacent to an activating group) is 1. The van der Waals surface area contributed by atoms with Crippen LogP contribution in [-0.4, -0.2) is 102 Å². The Morgan fingerprint density at radius 1 is 0.873 bits per heavy atom. The minimum Gasteiger partial charge on any atom is -0.499 e. The molecule has 6 rings (SSSR count). The first-order chi connectivity index (χ1) is 30.3. The molecular formula is C50H56N2O11. The van der Waals surface area contributed by atoms with Crippen molar-refractivity contribution < 1.29 is 53.1 Å². The number of rotatable bonds is 18. The van der Waals surface area contributed by atoms with E-state index in [1.807, 2.05) is 91.0 Å². The molecule has 63 heavy (non-hydrogen) atoms. The smallest absolute Gasteiger partial charge is 0.338 e. The number of aliphatic hydroxyl groups excluding tert-OH is 2. The molecule has 1 saturated heterocycles. The van der Waals surface area contributed by atoms with Crippen molar-refractivity contribution in [1.29, 1.82) is 0 Å². The maximum atomic E-state index is 14.8. The van der Waals surface area contributed by atoms with E-state index >= 15 is 0 Å². The average Bonchev–Trinajstić information content (AvgIpc) is 3.70. The molecule has 0 unspecified atom stereocenters. The number of carbonyl (C=O) groups is 4. The monoisotopic (exact) mass is 860 g/mol. The molecule has 0 bridgehead atoms. The summed E-state index contributed by atoms with van der Waals surface area (Å²) in [5.74, 6) is -3.56. The summed E-state index contributed by atoms with van der Waals surface area (Å²) in [5.41, 5.74) is 2.77. The number of hydrogen-bond acceptors (Lipinski definition) is 11. The Morgan fingerprint density at radius 2 is 1.49 bits per heavy atom. The van der Waals surface area contributed by atoms with Crippen LogP contribution < -0.4 is 5.32 Å². The summed E-state index contributed by atoms with van der Waals surface area (Å²) in [6.45, 7) is 4.89. The van der Waals surface area contributed by atoms with Crippen LogP contribution in [0.25, 0.3) is 6.08 Å². The van der Waals surface area contributed by atoms with Gasteiger partial charge in [-0.15, -0.1) is 0 Å². The fourth-order valence-corrected chi connectivity index (χ4v) is 7.57. The van der Waals surface area contributed by atoms with Crippen LogP contribution in [0.15, 0.2) is 133 Å². The van der Waals surface area contributed by atoms with Gasteiger partial charge < -0.3 is 44.1 Å². The summed E-state index contributed by atoms with van der Waals surface area (Å²) in [6, 6.07) is 32.9. The largest absolute Gasteiger partial charge is 0.499 e. The van der Waals surface area contributed by atoms with Crippen molar-refractivity contribution in [2.75, 3.05) is 26.9 Å². The molecule has 5 atom stereocenters. The van der Waals surface area contributed by atoms with Gasteiger partial charge in [0.05, 0.1) is 31.1 Å². The highest BCUT2D eigenvalue weighted by Gasteiger charge is 2.55. The number of nitrogens with zero attached hydrogens (tertiary/aromatic N) is 1. The molecule has 1 fully saturated rings. The molecule has 13 heteroatoms. The lowest BCUT2D eigenvalue weighted by Crippen LogP contribution is -2.53. The van der Waals surface area contributed by atoms with Gasteiger partial charge in [0.15, 0.2) is 0 Å². The number of benzene rings is 4. The molecule has 1 aliphatic carbocycles. The number of esters is 2. The molecule has 4 aromatic carbocycles. The van der Waals surface area contributed by atoms with E-state index in [1.165, 1.54) is 18.2 Å². The van der Waals surface area contributed by atoms with E-state index in [4.69, 9.17) is 28.8 Å². The maximum Gasteiger partial charge on any atom is 0.338 e. The summed E-state index contributed by atoms with van der Waals surface area (Å²) in [5, 5.41) is 22.1. The summed E-state index contributed by atoms with van der Waals surface area (Å²) in [4.78, 5) is 56.7. The van der Waals surface area contributed by atoms with Gasteiger partial charge in [0.25, 0.3) is 0 Å². The van der Waals surface area contributed by atoms with Crippen LogP contribution in [0.1, 0.15) is 72.6 Å². The third kappa shape index (κ3) is 12.1. The number of aliphatic hydroxyl groups is 2. The van der Waals surface area contributed by atoms with Crippen LogP contribution >= 0.6 is 0 Å². The van der Waals surface area contributed by atoms with Gasteiger partial charge in [-0.05, 0) is 62.6 Å². The summed E-state index contributed by atoms with van der Waals surface area (Å²) in [7, 11) is 1.53. The van der Waals surface area contributed by atoms with Gasteiger partial charge in [0.2, 0.25) is 17.6 Å². The van der Waals surface area contributed by atoms with E-state index in [0.717, 1.165) is 11.1 Å². The Morgan fingerprint density at radius 3 is 2.08 bits per heavy atom. The zero-order valence-corrected chi connectivity index (χ0v) is 36.1. The minimum absolute atomic E-state index is 0.0342. The van der Waals surface area contributed by atoms with Crippen molar-refractivity contribution in [3.8, 4) is 0 Å². The second kappa shape index (κ2) is 21.3. The SMILES string of the molecule is CN(C(=O)C1=C[C@H]2OC(c3ccccc3)(c3ccccc3)O[C@H]2[C@H](OC(=O)c2ccc(C=COCCO)cc2)C1)[C@H](Cc1ccccc1)C(=O)N[C@H](CO)CCC(=O)OC(C)(C)C. The van der Waals surface area contributed by atoms with E-state index in [-0.39, 0.29) is 50.0 Å². The van der Waals surface area contributed by atoms with Gasteiger partial charge in [-0.25, -0.2) is 4.79 Å².